The first-order valence-corrected chi connectivity index (χ1v) is 10.8. The second kappa shape index (κ2) is 8.89. The van der Waals surface area contributed by atoms with Crippen molar-refractivity contribution in [1.29, 1.82) is 0 Å². The third-order valence-electron chi connectivity index (χ3n) is 4.99. The van der Waals surface area contributed by atoms with E-state index in [2.05, 4.69) is 10.1 Å². The molecule has 2 aliphatic rings. The molecule has 2 amide bonds. The van der Waals surface area contributed by atoms with Crippen molar-refractivity contribution in [3.63, 3.8) is 0 Å². The van der Waals surface area contributed by atoms with Crippen LogP contribution in [0.25, 0.3) is 0 Å². The van der Waals surface area contributed by atoms with Crippen molar-refractivity contribution in [1.82, 2.24) is 10.2 Å². The molecule has 32 heavy (non-hydrogen) atoms. The molecular weight excluding hydrogens is 440 g/mol. The van der Waals surface area contributed by atoms with Gasteiger partial charge in [-0.1, -0.05) is 30.3 Å². The first-order valence-electron chi connectivity index (χ1n) is 9.92. The van der Waals surface area contributed by atoms with Crippen LogP contribution in [0.15, 0.2) is 30.3 Å². The van der Waals surface area contributed by atoms with Gasteiger partial charge < -0.3 is 29.2 Å². The average molecular weight is 467 g/mol. The van der Waals surface area contributed by atoms with Gasteiger partial charge in [0.1, 0.15) is 24.1 Å². The summed E-state index contributed by atoms with van der Waals surface area (Å²) in [6.45, 7) is 6.45. The Balaban J connectivity index is 1.61. The van der Waals surface area contributed by atoms with Crippen LogP contribution in [0.1, 0.15) is 33.3 Å². The summed E-state index contributed by atoms with van der Waals surface area (Å²) in [5.74, 6) is -2.73. The number of hydrogen-bond donors (Lipinski definition) is 1. The van der Waals surface area contributed by atoms with Gasteiger partial charge in [-0.25, -0.2) is 14.4 Å². The minimum Gasteiger partial charge on any atom is -0.445 e. The van der Waals surface area contributed by atoms with Crippen LogP contribution in [0, 0.1) is 0 Å². The molecule has 0 aromatic heterocycles. The summed E-state index contributed by atoms with van der Waals surface area (Å²) >= 11 is 1.37. The molecule has 2 aliphatic heterocycles. The van der Waals surface area contributed by atoms with Crippen LogP contribution in [0.3, 0.4) is 0 Å². The minimum absolute atomic E-state index is 0.0742. The number of nitrogens with one attached hydrogen (secondary N) is 1. The fraction of sp³-hybridized carbons (Fsp3) is 0.524. The molecule has 1 N–H and O–H groups in total. The van der Waals surface area contributed by atoms with Gasteiger partial charge in [-0.3, -0.25) is 4.79 Å². The van der Waals surface area contributed by atoms with Crippen LogP contribution in [-0.2, 0) is 35.1 Å². The fourth-order valence-electron chi connectivity index (χ4n) is 3.58. The van der Waals surface area contributed by atoms with E-state index in [0.717, 1.165) is 12.7 Å². The number of alkyl carbamates (subject to hydrolysis) is 1. The molecule has 1 aromatic rings. The molecule has 174 valence electrons. The predicted molar refractivity (Wildman–Crippen MR) is 113 cm³/mol. The Kier molecular flexibility index (Phi) is 6.59. The molecule has 1 unspecified atom stereocenters. The summed E-state index contributed by atoms with van der Waals surface area (Å²) < 4.78 is 19.2. The quantitative estimate of drug-likeness (QED) is 0.292. The number of β-lactam (4-membered cyclic amide) rings is 1. The number of benzene rings is 1. The lowest BCUT2D eigenvalue weighted by Gasteiger charge is -2.44. The zero-order valence-electron chi connectivity index (χ0n) is 18.4. The first-order chi connectivity index (χ1) is 14.9. The fourth-order valence-corrected chi connectivity index (χ4v) is 5.20. The van der Waals surface area contributed by atoms with Crippen molar-refractivity contribution in [3.8, 4) is 0 Å². The molecule has 0 saturated carbocycles. The van der Waals surface area contributed by atoms with Crippen LogP contribution >= 0.6 is 11.8 Å². The van der Waals surface area contributed by atoms with Crippen LogP contribution in [0.2, 0.25) is 0 Å². The number of carbonyl (C=O) groups excluding carboxylic acids is 4. The first kappa shape index (κ1) is 23.7. The molecule has 10 nitrogen and oxygen atoms in total. The Morgan fingerprint density at radius 3 is 2.44 bits per heavy atom. The highest BCUT2D eigenvalue weighted by atomic mass is 32.2. The van der Waals surface area contributed by atoms with Gasteiger partial charge in [0.05, 0.1) is 7.11 Å². The number of thioether (sulfide) groups is 1. The molecule has 2 fully saturated rings. The highest BCUT2D eigenvalue weighted by molar-refractivity contribution is 8.01. The zero-order valence-corrected chi connectivity index (χ0v) is 19.3. The van der Waals surface area contributed by atoms with Crippen molar-refractivity contribution in [2.75, 3.05) is 7.11 Å². The lowest BCUT2D eigenvalue weighted by atomic mass is 9.96. The molecule has 11 heteroatoms. The number of amides is 2. The van der Waals surface area contributed by atoms with Crippen molar-refractivity contribution < 1.29 is 38.1 Å². The van der Waals surface area contributed by atoms with E-state index < -0.39 is 52.1 Å². The van der Waals surface area contributed by atoms with Crippen molar-refractivity contribution >= 4 is 35.9 Å². The van der Waals surface area contributed by atoms with Crippen molar-refractivity contribution in [3.05, 3.63) is 35.9 Å². The summed E-state index contributed by atoms with van der Waals surface area (Å²) in [7, 11) is 1.14. The number of rotatable bonds is 6. The average Bonchev–Trinajstić information content (AvgIpc) is 2.98. The van der Waals surface area contributed by atoms with E-state index in [1.807, 2.05) is 30.3 Å². The van der Waals surface area contributed by atoms with Crippen LogP contribution in [-0.4, -0.2) is 64.1 Å². The van der Waals surface area contributed by atoms with E-state index in [1.165, 1.54) is 30.5 Å². The molecule has 0 spiro atoms. The molecule has 2 heterocycles. The molecule has 2 saturated heterocycles. The maximum atomic E-state index is 12.9. The summed E-state index contributed by atoms with van der Waals surface area (Å²) in [6.07, 6.45) is -1.72. The zero-order chi connectivity index (χ0) is 23.7. The minimum atomic E-state index is -1.59. The van der Waals surface area contributed by atoms with Gasteiger partial charge in [0.15, 0.2) is 0 Å². The smallest absolute Gasteiger partial charge is 0.445 e. The van der Waals surface area contributed by atoms with Crippen molar-refractivity contribution in [2.45, 2.75) is 62.3 Å². The molecule has 0 aliphatic carbocycles. The van der Waals surface area contributed by atoms with E-state index in [4.69, 9.17) is 14.2 Å². The lowest BCUT2D eigenvalue weighted by Crippen LogP contribution is -2.71. The monoisotopic (exact) mass is 466 g/mol. The SMILES string of the molecule is COC(=O)OC(C)(C)OC(=O)[C@@H]1N2C(=O)C(NC(=O)OCc3ccccc3)[C@H]2SC1(C)C. The number of fused-ring (bicyclic) bond motifs is 1. The van der Waals surface area contributed by atoms with E-state index in [-0.39, 0.29) is 6.61 Å². The normalized spacial score (nSPS) is 23.5. The summed E-state index contributed by atoms with van der Waals surface area (Å²) in [5.41, 5.74) is 0.820. The summed E-state index contributed by atoms with van der Waals surface area (Å²) in [6, 6.07) is 7.41. The molecule has 0 radical (unpaired) electrons. The van der Waals surface area contributed by atoms with E-state index in [9.17, 15) is 19.2 Å². The van der Waals surface area contributed by atoms with Gasteiger partial charge in [0.2, 0.25) is 5.91 Å². The van der Waals surface area contributed by atoms with Crippen LogP contribution in [0.5, 0.6) is 0 Å². The van der Waals surface area contributed by atoms with Gasteiger partial charge in [0, 0.05) is 18.6 Å². The van der Waals surface area contributed by atoms with Crippen LogP contribution in [0.4, 0.5) is 9.59 Å². The van der Waals surface area contributed by atoms with Gasteiger partial charge in [-0.2, -0.15) is 0 Å². The van der Waals surface area contributed by atoms with E-state index in [1.54, 1.807) is 13.8 Å². The molecule has 3 atom stereocenters. The Bertz CT molecular complexity index is 904. The second-order valence-electron chi connectivity index (χ2n) is 8.32. The van der Waals surface area contributed by atoms with Gasteiger partial charge in [0.25, 0.3) is 5.79 Å². The highest BCUT2D eigenvalue weighted by Crippen LogP contribution is 2.51. The number of esters is 1. The number of ether oxygens (including phenoxy) is 4. The Labute approximate surface area is 189 Å². The highest BCUT2D eigenvalue weighted by Gasteiger charge is 2.65. The predicted octanol–water partition coefficient (Wildman–Crippen LogP) is 2.41. The number of hydrogen-bond acceptors (Lipinski definition) is 9. The second-order valence-corrected chi connectivity index (χ2v) is 10.1. The van der Waals surface area contributed by atoms with Crippen LogP contribution < -0.4 is 5.32 Å². The largest absolute Gasteiger partial charge is 0.511 e. The Hall–Kier alpha value is -2.95. The van der Waals surface area contributed by atoms with E-state index in [0.29, 0.717) is 0 Å². The standard InChI is InChI=1S/C21H26N2O8S/c1-20(2)14(17(25)30-21(3,4)31-19(27)28-5)23-15(24)13(16(23)32-20)22-18(26)29-11-12-9-7-6-8-10-12/h6-10,13-14,16H,11H2,1-5H3,(H,22,26)/t13?,14-,16+/m0/s1. The topological polar surface area (TPSA) is 120 Å². The molecule has 0 bridgehead atoms. The number of methoxy groups -OCH3 is 1. The van der Waals surface area contributed by atoms with Gasteiger partial charge in [-0.05, 0) is 19.4 Å². The Morgan fingerprint density at radius 1 is 1.16 bits per heavy atom. The third-order valence-corrected chi connectivity index (χ3v) is 6.56. The van der Waals surface area contributed by atoms with E-state index >= 15 is 0 Å². The summed E-state index contributed by atoms with van der Waals surface area (Å²) in [5, 5.41) is 2.12. The maximum Gasteiger partial charge on any atom is 0.511 e. The molecule has 3 rings (SSSR count). The Morgan fingerprint density at radius 2 is 1.81 bits per heavy atom. The molecule has 1 aromatic carbocycles. The van der Waals surface area contributed by atoms with Gasteiger partial charge >= 0.3 is 18.2 Å². The lowest BCUT2D eigenvalue weighted by molar-refractivity contribution is -0.207. The third kappa shape index (κ3) is 4.93. The maximum absolute atomic E-state index is 12.9. The summed E-state index contributed by atoms with van der Waals surface area (Å²) in [4.78, 5) is 50.6. The van der Waals surface area contributed by atoms with Crippen molar-refractivity contribution in [2.24, 2.45) is 0 Å². The number of carbonyl (C=O) groups is 4. The molecular formula is C21H26N2O8S. The number of nitrogens with zero attached hydrogens (tertiary/aromatic N) is 1. The van der Waals surface area contributed by atoms with Gasteiger partial charge in [-0.15, -0.1) is 11.8 Å².